The van der Waals surface area contributed by atoms with Crippen molar-refractivity contribution in [3.63, 3.8) is 0 Å². The lowest BCUT2D eigenvalue weighted by Crippen LogP contribution is -2.48. The molecule has 1 aliphatic heterocycles. The fourth-order valence-electron chi connectivity index (χ4n) is 3.57. The molecule has 1 fully saturated rings. The van der Waals surface area contributed by atoms with E-state index in [-0.39, 0.29) is 18.5 Å². The topological polar surface area (TPSA) is 72.9 Å². The molecule has 0 bridgehead atoms. The van der Waals surface area contributed by atoms with Crippen molar-refractivity contribution in [3.05, 3.63) is 28.3 Å². The molecular formula is C19H28ClN3O3. The summed E-state index contributed by atoms with van der Waals surface area (Å²) in [5, 5.41) is 12.5. The lowest BCUT2D eigenvalue weighted by atomic mass is 10.0. The van der Waals surface area contributed by atoms with Crippen molar-refractivity contribution in [2.75, 3.05) is 38.0 Å². The van der Waals surface area contributed by atoms with Crippen LogP contribution in [0.15, 0.2) is 12.1 Å². The predicted octanol–water partition coefficient (Wildman–Crippen LogP) is 2.77. The molecule has 0 unspecified atom stereocenters. The average Bonchev–Trinajstić information content (AvgIpc) is 2.56. The van der Waals surface area contributed by atoms with E-state index in [9.17, 15) is 9.59 Å². The number of nitrogens with one attached hydrogen (secondary N) is 1. The SMILES string of the molecule is CCN(CC(=O)O)C1CCN(CC(=O)Nc2c(C)cc(C)cc2Cl)CC1. The molecule has 0 spiro atoms. The fourth-order valence-corrected chi connectivity index (χ4v) is 3.94. The van der Waals surface area contributed by atoms with Crippen molar-refractivity contribution in [2.45, 2.75) is 39.7 Å². The van der Waals surface area contributed by atoms with E-state index in [1.54, 1.807) is 0 Å². The number of carboxylic acids is 1. The average molecular weight is 382 g/mol. The Morgan fingerprint density at radius 1 is 1.31 bits per heavy atom. The molecule has 2 rings (SSSR count). The molecule has 6 nitrogen and oxygen atoms in total. The minimum atomic E-state index is -0.793. The van der Waals surface area contributed by atoms with Crippen LogP contribution in [0.5, 0.6) is 0 Å². The normalized spacial score (nSPS) is 16.0. The van der Waals surface area contributed by atoms with Crippen LogP contribution in [-0.2, 0) is 9.59 Å². The number of nitrogens with zero attached hydrogens (tertiary/aromatic N) is 2. The van der Waals surface area contributed by atoms with Crippen molar-refractivity contribution in [2.24, 2.45) is 0 Å². The molecule has 1 aliphatic rings. The van der Waals surface area contributed by atoms with Crippen molar-refractivity contribution in [3.8, 4) is 0 Å². The highest BCUT2D eigenvalue weighted by atomic mass is 35.5. The largest absolute Gasteiger partial charge is 0.480 e. The summed E-state index contributed by atoms with van der Waals surface area (Å²) in [5.74, 6) is -0.866. The van der Waals surface area contributed by atoms with Gasteiger partial charge < -0.3 is 10.4 Å². The van der Waals surface area contributed by atoms with Gasteiger partial charge in [0.25, 0.3) is 0 Å². The Morgan fingerprint density at radius 2 is 1.96 bits per heavy atom. The maximum Gasteiger partial charge on any atom is 0.317 e. The second-order valence-electron chi connectivity index (χ2n) is 6.95. The molecule has 0 radical (unpaired) electrons. The number of aryl methyl sites for hydroxylation is 2. The van der Waals surface area contributed by atoms with Crippen LogP contribution < -0.4 is 5.32 Å². The van der Waals surface area contributed by atoms with E-state index in [0.29, 0.717) is 17.3 Å². The van der Waals surface area contributed by atoms with Crippen LogP contribution in [-0.4, -0.2) is 65.5 Å². The van der Waals surface area contributed by atoms with Gasteiger partial charge in [-0.1, -0.05) is 24.6 Å². The third kappa shape index (κ3) is 5.69. The molecular weight excluding hydrogens is 354 g/mol. The van der Waals surface area contributed by atoms with Crippen LogP contribution in [0.3, 0.4) is 0 Å². The maximum absolute atomic E-state index is 12.4. The summed E-state index contributed by atoms with van der Waals surface area (Å²) in [6.07, 6.45) is 1.75. The lowest BCUT2D eigenvalue weighted by Gasteiger charge is -2.37. The predicted molar refractivity (Wildman–Crippen MR) is 104 cm³/mol. The number of aliphatic carboxylic acids is 1. The number of carbonyl (C=O) groups excluding carboxylic acids is 1. The highest BCUT2D eigenvalue weighted by Gasteiger charge is 2.26. The van der Waals surface area contributed by atoms with E-state index in [2.05, 4.69) is 10.2 Å². The van der Waals surface area contributed by atoms with Gasteiger partial charge in [0.05, 0.1) is 23.8 Å². The molecule has 1 amide bonds. The van der Waals surface area contributed by atoms with Crippen molar-refractivity contribution >= 4 is 29.2 Å². The van der Waals surface area contributed by atoms with Gasteiger partial charge in [0.1, 0.15) is 0 Å². The summed E-state index contributed by atoms with van der Waals surface area (Å²) >= 11 is 6.25. The number of halogens is 1. The molecule has 1 heterocycles. The zero-order valence-electron chi connectivity index (χ0n) is 15.7. The third-order valence-electron chi connectivity index (χ3n) is 4.88. The van der Waals surface area contributed by atoms with E-state index in [0.717, 1.165) is 43.6 Å². The molecule has 0 aromatic heterocycles. The van der Waals surface area contributed by atoms with Gasteiger partial charge in [-0.3, -0.25) is 19.4 Å². The third-order valence-corrected chi connectivity index (χ3v) is 5.18. The molecule has 1 saturated heterocycles. The molecule has 1 aromatic carbocycles. The number of carbonyl (C=O) groups is 2. The van der Waals surface area contributed by atoms with Gasteiger partial charge in [0.2, 0.25) is 5.91 Å². The van der Waals surface area contributed by atoms with Crippen LogP contribution in [0.4, 0.5) is 5.69 Å². The van der Waals surface area contributed by atoms with Crippen LogP contribution >= 0.6 is 11.6 Å². The number of anilines is 1. The highest BCUT2D eigenvalue weighted by molar-refractivity contribution is 6.34. The number of benzene rings is 1. The Bertz CT molecular complexity index is 634. The Kier molecular flexibility index (Phi) is 7.43. The second kappa shape index (κ2) is 9.35. The van der Waals surface area contributed by atoms with Crippen LogP contribution in [0, 0.1) is 13.8 Å². The van der Waals surface area contributed by atoms with E-state index < -0.39 is 5.97 Å². The van der Waals surface area contributed by atoms with Crippen LogP contribution in [0.2, 0.25) is 5.02 Å². The Labute approximate surface area is 160 Å². The van der Waals surface area contributed by atoms with Crippen LogP contribution in [0.25, 0.3) is 0 Å². The fraction of sp³-hybridized carbons (Fsp3) is 0.579. The summed E-state index contributed by atoms with van der Waals surface area (Å²) < 4.78 is 0. The van der Waals surface area contributed by atoms with Gasteiger partial charge in [-0.15, -0.1) is 0 Å². The minimum Gasteiger partial charge on any atom is -0.480 e. The van der Waals surface area contributed by atoms with Gasteiger partial charge in [0, 0.05) is 19.1 Å². The number of hydrogen-bond acceptors (Lipinski definition) is 4. The molecule has 0 aliphatic carbocycles. The van der Waals surface area contributed by atoms with E-state index in [1.165, 1.54) is 0 Å². The highest BCUT2D eigenvalue weighted by Crippen LogP contribution is 2.27. The quantitative estimate of drug-likeness (QED) is 0.759. The van der Waals surface area contributed by atoms with Crippen molar-refractivity contribution < 1.29 is 14.7 Å². The molecule has 0 atom stereocenters. The zero-order valence-corrected chi connectivity index (χ0v) is 16.5. The molecule has 144 valence electrons. The molecule has 2 N–H and O–H groups in total. The van der Waals surface area contributed by atoms with Gasteiger partial charge >= 0.3 is 5.97 Å². The summed E-state index contributed by atoms with van der Waals surface area (Å²) in [5.41, 5.74) is 2.69. The lowest BCUT2D eigenvalue weighted by molar-refractivity contribution is -0.139. The van der Waals surface area contributed by atoms with Crippen LogP contribution in [0.1, 0.15) is 30.9 Å². The summed E-state index contributed by atoms with van der Waals surface area (Å²) in [7, 11) is 0. The number of likely N-dealkylation sites (N-methyl/N-ethyl adjacent to an activating group) is 1. The number of piperidine rings is 1. The summed E-state index contributed by atoms with van der Waals surface area (Å²) in [6, 6.07) is 4.11. The molecule has 26 heavy (non-hydrogen) atoms. The molecule has 7 heteroatoms. The molecule has 0 saturated carbocycles. The van der Waals surface area contributed by atoms with Crippen molar-refractivity contribution in [1.29, 1.82) is 0 Å². The Morgan fingerprint density at radius 3 is 2.50 bits per heavy atom. The monoisotopic (exact) mass is 381 g/mol. The smallest absolute Gasteiger partial charge is 0.317 e. The Hall–Kier alpha value is -1.63. The summed E-state index contributed by atoms with van der Waals surface area (Å²) in [4.78, 5) is 27.4. The standard InChI is InChI=1S/C19H28ClN3O3/c1-4-23(12-18(25)26)15-5-7-22(8-6-15)11-17(24)21-19-14(3)9-13(2)10-16(19)20/h9-10,15H,4-8,11-12H2,1-3H3,(H,21,24)(H,25,26). The first kappa shape index (κ1) is 20.7. The first-order valence-electron chi connectivity index (χ1n) is 9.05. The van der Waals surface area contributed by atoms with E-state index in [4.69, 9.17) is 16.7 Å². The first-order chi connectivity index (χ1) is 12.3. The van der Waals surface area contributed by atoms with E-state index >= 15 is 0 Å². The number of amides is 1. The van der Waals surface area contributed by atoms with Gasteiger partial charge in [-0.25, -0.2) is 0 Å². The zero-order chi connectivity index (χ0) is 19.3. The number of hydrogen-bond donors (Lipinski definition) is 2. The van der Waals surface area contributed by atoms with Crippen molar-refractivity contribution in [1.82, 2.24) is 9.80 Å². The maximum atomic E-state index is 12.4. The first-order valence-corrected chi connectivity index (χ1v) is 9.42. The van der Waals surface area contributed by atoms with Gasteiger partial charge in [-0.2, -0.15) is 0 Å². The van der Waals surface area contributed by atoms with Gasteiger partial charge in [-0.05, 0) is 50.4 Å². The number of likely N-dealkylation sites (tertiary alicyclic amines) is 1. The second-order valence-corrected chi connectivity index (χ2v) is 7.36. The Balaban J connectivity index is 1.86. The molecule has 1 aromatic rings. The minimum absolute atomic E-state index is 0.0739. The number of rotatable bonds is 7. The summed E-state index contributed by atoms with van der Waals surface area (Å²) in [6.45, 7) is 8.58. The number of carboxylic acid groups (broad SMARTS) is 1. The van der Waals surface area contributed by atoms with Gasteiger partial charge in [0.15, 0.2) is 0 Å². The van der Waals surface area contributed by atoms with E-state index in [1.807, 2.05) is 37.8 Å².